The minimum atomic E-state index is 0.949. The fourth-order valence-corrected chi connectivity index (χ4v) is 2.85. The van der Waals surface area contributed by atoms with Gasteiger partial charge in [0.05, 0.1) is 5.69 Å². The molecular formula is C14H28N4S. The van der Waals surface area contributed by atoms with Crippen LogP contribution in [0.2, 0.25) is 0 Å². The number of nitrogens with one attached hydrogen (secondary N) is 1. The van der Waals surface area contributed by atoms with Crippen LogP contribution in [0.1, 0.15) is 30.8 Å². The summed E-state index contributed by atoms with van der Waals surface area (Å²) in [5, 5.41) is 4.56. The minimum absolute atomic E-state index is 0.949. The predicted octanol–water partition coefficient (Wildman–Crippen LogP) is 2.20. The molecular weight excluding hydrogens is 256 g/mol. The monoisotopic (exact) mass is 284 g/mol. The third-order valence-electron chi connectivity index (χ3n) is 3.00. The fraction of sp³-hybridized carbons (Fsp3) is 0.786. The van der Waals surface area contributed by atoms with Gasteiger partial charge >= 0.3 is 0 Å². The van der Waals surface area contributed by atoms with Crippen molar-refractivity contribution in [1.29, 1.82) is 0 Å². The molecule has 1 aromatic rings. The molecule has 0 atom stereocenters. The number of hydrogen-bond acceptors (Lipinski definition) is 5. The highest BCUT2D eigenvalue weighted by atomic mass is 32.1. The summed E-state index contributed by atoms with van der Waals surface area (Å²) < 4.78 is 0. The van der Waals surface area contributed by atoms with Gasteiger partial charge in [0.25, 0.3) is 0 Å². The van der Waals surface area contributed by atoms with E-state index in [0.717, 1.165) is 44.2 Å². The zero-order valence-electron chi connectivity index (χ0n) is 13.0. The summed E-state index contributed by atoms with van der Waals surface area (Å²) in [4.78, 5) is 10.7. The lowest BCUT2D eigenvalue weighted by atomic mass is 10.2. The molecule has 0 bridgehead atoms. The lowest BCUT2D eigenvalue weighted by Crippen LogP contribution is -2.28. The van der Waals surface area contributed by atoms with Crippen LogP contribution in [0.5, 0.6) is 0 Å². The Morgan fingerprint density at radius 2 is 1.89 bits per heavy atom. The Bertz CT molecular complexity index is 362. The van der Waals surface area contributed by atoms with Gasteiger partial charge in [0.2, 0.25) is 0 Å². The number of aryl methyl sites for hydroxylation is 1. The summed E-state index contributed by atoms with van der Waals surface area (Å²) in [6, 6.07) is 0. The molecule has 1 rings (SSSR count). The molecule has 0 saturated heterocycles. The second-order valence-corrected chi connectivity index (χ2v) is 6.18. The van der Waals surface area contributed by atoms with Gasteiger partial charge in [-0.15, -0.1) is 11.3 Å². The van der Waals surface area contributed by atoms with Crippen molar-refractivity contribution >= 4 is 16.5 Å². The SMILES string of the molecule is CCCc1nc(N(C)CCN(C)C)sc1CNCC. The van der Waals surface area contributed by atoms with Crippen LogP contribution < -0.4 is 10.2 Å². The van der Waals surface area contributed by atoms with Crippen molar-refractivity contribution in [2.24, 2.45) is 0 Å². The lowest BCUT2D eigenvalue weighted by molar-refractivity contribution is 0.416. The van der Waals surface area contributed by atoms with Gasteiger partial charge in [-0.1, -0.05) is 20.3 Å². The first-order valence-electron chi connectivity index (χ1n) is 7.13. The van der Waals surface area contributed by atoms with Crippen molar-refractivity contribution < 1.29 is 0 Å². The molecule has 0 spiro atoms. The van der Waals surface area contributed by atoms with E-state index in [-0.39, 0.29) is 0 Å². The fourth-order valence-electron chi connectivity index (χ4n) is 1.79. The van der Waals surface area contributed by atoms with Gasteiger partial charge in [0.1, 0.15) is 0 Å². The van der Waals surface area contributed by atoms with E-state index in [1.807, 2.05) is 11.3 Å². The highest BCUT2D eigenvalue weighted by Gasteiger charge is 2.13. The van der Waals surface area contributed by atoms with Crippen LogP contribution in [-0.4, -0.2) is 50.7 Å². The Balaban J connectivity index is 2.71. The molecule has 19 heavy (non-hydrogen) atoms. The van der Waals surface area contributed by atoms with E-state index in [1.54, 1.807) is 0 Å². The molecule has 0 aliphatic heterocycles. The van der Waals surface area contributed by atoms with E-state index >= 15 is 0 Å². The maximum atomic E-state index is 4.82. The summed E-state index contributed by atoms with van der Waals surface area (Å²) in [6.07, 6.45) is 2.24. The number of aromatic nitrogens is 1. The molecule has 0 fully saturated rings. The molecule has 0 aliphatic rings. The molecule has 0 unspecified atom stereocenters. The first-order valence-corrected chi connectivity index (χ1v) is 7.95. The highest BCUT2D eigenvalue weighted by Crippen LogP contribution is 2.26. The van der Waals surface area contributed by atoms with Crippen molar-refractivity contribution in [2.45, 2.75) is 33.2 Å². The van der Waals surface area contributed by atoms with Gasteiger partial charge in [-0.2, -0.15) is 0 Å². The quantitative estimate of drug-likeness (QED) is 0.753. The summed E-state index contributed by atoms with van der Waals surface area (Å²) in [7, 11) is 6.35. The zero-order valence-corrected chi connectivity index (χ0v) is 13.8. The molecule has 1 aromatic heterocycles. The number of hydrogen-bond donors (Lipinski definition) is 1. The van der Waals surface area contributed by atoms with Crippen LogP contribution in [0.25, 0.3) is 0 Å². The average Bonchev–Trinajstić information content (AvgIpc) is 2.77. The lowest BCUT2D eigenvalue weighted by Gasteiger charge is -2.18. The third-order valence-corrected chi connectivity index (χ3v) is 4.21. The number of anilines is 1. The standard InChI is InChI=1S/C14H28N4S/c1-6-8-12-13(11-15-7-2)19-14(16-12)18(5)10-9-17(3)4/h15H,6-11H2,1-5H3. The molecule has 4 nitrogen and oxygen atoms in total. The van der Waals surface area contributed by atoms with Crippen molar-refractivity contribution in [3.63, 3.8) is 0 Å². The molecule has 0 aromatic carbocycles. The second-order valence-electron chi connectivity index (χ2n) is 5.12. The van der Waals surface area contributed by atoms with Crippen molar-refractivity contribution in [2.75, 3.05) is 45.7 Å². The van der Waals surface area contributed by atoms with Gasteiger partial charge < -0.3 is 15.1 Å². The molecule has 5 heteroatoms. The molecule has 0 radical (unpaired) electrons. The van der Waals surface area contributed by atoms with Gasteiger partial charge in [0.15, 0.2) is 5.13 Å². The van der Waals surface area contributed by atoms with Gasteiger partial charge in [-0.25, -0.2) is 4.98 Å². The molecule has 110 valence electrons. The Morgan fingerprint density at radius 3 is 2.47 bits per heavy atom. The Hall–Kier alpha value is -0.650. The predicted molar refractivity (Wildman–Crippen MR) is 85.3 cm³/mol. The van der Waals surface area contributed by atoms with Crippen LogP contribution in [0.15, 0.2) is 0 Å². The average molecular weight is 284 g/mol. The summed E-state index contributed by atoms with van der Waals surface area (Å²) in [6.45, 7) is 8.39. The molecule has 0 amide bonds. The van der Waals surface area contributed by atoms with Crippen LogP contribution in [0, 0.1) is 0 Å². The van der Waals surface area contributed by atoms with E-state index < -0.39 is 0 Å². The number of nitrogens with zero attached hydrogens (tertiary/aromatic N) is 3. The minimum Gasteiger partial charge on any atom is -0.350 e. The van der Waals surface area contributed by atoms with E-state index in [2.05, 4.69) is 50.1 Å². The topological polar surface area (TPSA) is 31.4 Å². The van der Waals surface area contributed by atoms with Crippen LogP contribution in [-0.2, 0) is 13.0 Å². The van der Waals surface area contributed by atoms with Gasteiger partial charge in [-0.3, -0.25) is 0 Å². The first kappa shape index (κ1) is 16.4. The van der Waals surface area contributed by atoms with E-state index in [0.29, 0.717) is 0 Å². The number of likely N-dealkylation sites (N-methyl/N-ethyl adjacent to an activating group) is 2. The summed E-state index contributed by atoms with van der Waals surface area (Å²) >= 11 is 1.83. The van der Waals surface area contributed by atoms with Crippen molar-refractivity contribution in [3.05, 3.63) is 10.6 Å². The highest BCUT2D eigenvalue weighted by molar-refractivity contribution is 7.15. The molecule has 1 N–H and O–H groups in total. The Labute approximate surface area is 121 Å². The Kier molecular flexibility index (Phi) is 7.34. The summed E-state index contributed by atoms with van der Waals surface area (Å²) in [5.74, 6) is 0. The molecule has 0 saturated carbocycles. The zero-order chi connectivity index (χ0) is 14.3. The van der Waals surface area contributed by atoms with Crippen LogP contribution >= 0.6 is 11.3 Å². The maximum absolute atomic E-state index is 4.82. The first-order chi connectivity index (χ1) is 9.08. The molecule has 1 heterocycles. The largest absolute Gasteiger partial charge is 0.350 e. The van der Waals surface area contributed by atoms with E-state index in [4.69, 9.17) is 4.98 Å². The summed E-state index contributed by atoms with van der Waals surface area (Å²) in [5.41, 5.74) is 1.28. The van der Waals surface area contributed by atoms with Gasteiger partial charge in [0, 0.05) is 31.6 Å². The molecule has 0 aliphatic carbocycles. The van der Waals surface area contributed by atoms with E-state index in [1.165, 1.54) is 10.6 Å². The van der Waals surface area contributed by atoms with Crippen molar-refractivity contribution in [1.82, 2.24) is 15.2 Å². The maximum Gasteiger partial charge on any atom is 0.185 e. The van der Waals surface area contributed by atoms with Gasteiger partial charge in [-0.05, 0) is 27.1 Å². The van der Waals surface area contributed by atoms with E-state index in [9.17, 15) is 0 Å². The third kappa shape index (κ3) is 5.47. The van der Waals surface area contributed by atoms with Crippen LogP contribution in [0.3, 0.4) is 0 Å². The van der Waals surface area contributed by atoms with Crippen molar-refractivity contribution in [3.8, 4) is 0 Å². The number of rotatable bonds is 9. The smallest absolute Gasteiger partial charge is 0.185 e. The Morgan fingerprint density at radius 1 is 1.16 bits per heavy atom. The van der Waals surface area contributed by atoms with Crippen LogP contribution in [0.4, 0.5) is 5.13 Å². The number of thiazole rings is 1. The normalized spacial score (nSPS) is 11.3. The second kappa shape index (κ2) is 8.51.